The minimum absolute atomic E-state index is 0.150. The summed E-state index contributed by atoms with van der Waals surface area (Å²) in [7, 11) is 0. The van der Waals surface area contributed by atoms with Crippen LogP contribution in [0, 0.1) is 5.82 Å². The van der Waals surface area contributed by atoms with E-state index in [9.17, 15) is 9.18 Å². The summed E-state index contributed by atoms with van der Waals surface area (Å²) in [6, 6.07) is 4.63. The van der Waals surface area contributed by atoms with Crippen LogP contribution in [0.3, 0.4) is 0 Å². The van der Waals surface area contributed by atoms with Crippen molar-refractivity contribution in [1.29, 1.82) is 0 Å². The number of esters is 1. The molecule has 1 rings (SSSR count). The maximum absolute atomic E-state index is 13.4. The topological polar surface area (TPSA) is 38.3 Å². The molecule has 0 spiro atoms. The molecule has 0 aliphatic heterocycles. The molecule has 0 radical (unpaired) electrons. The van der Waals surface area contributed by atoms with E-state index in [-0.39, 0.29) is 12.1 Å². The molecular formula is C12H13BrFNO2. The fourth-order valence-electron chi connectivity index (χ4n) is 1.14. The van der Waals surface area contributed by atoms with Crippen molar-refractivity contribution in [2.24, 2.45) is 0 Å². The van der Waals surface area contributed by atoms with Crippen LogP contribution in [-0.4, -0.2) is 19.1 Å². The molecule has 1 N–H and O–H groups in total. The lowest BCUT2D eigenvalue weighted by Crippen LogP contribution is -2.15. The molecule has 1 aromatic carbocycles. The highest BCUT2D eigenvalue weighted by molar-refractivity contribution is 9.10. The number of anilines is 1. The van der Waals surface area contributed by atoms with Gasteiger partial charge in [-0.3, -0.25) is 0 Å². The van der Waals surface area contributed by atoms with Crippen LogP contribution in [0.1, 0.15) is 6.92 Å². The van der Waals surface area contributed by atoms with Gasteiger partial charge in [0.1, 0.15) is 5.82 Å². The van der Waals surface area contributed by atoms with Crippen LogP contribution in [-0.2, 0) is 9.53 Å². The van der Waals surface area contributed by atoms with E-state index in [2.05, 4.69) is 27.8 Å². The maximum atomic E-state index is 13.4. The molecule has 92 valence electrons. The summed E-state index contributed by atoms with van der Waals surface area (Å²) in [6.07, 6.45) is 0. The van der Waals surface area contributed by atoms with E-state index in [0.717, 1.165) is 0 Å². The van der Waals surface area contributed by atoms with Crippen LogP contribution in [0.15, 0.2) is 34.8 Å². The predicted octanol–water partition coefficient (Wildman–Crippen LogP) is 3.12. The van der Waals surface area contributed by atoms with Gasteiger partial charge in [-0.15, -0.1) is 0 Å². The lowest BCUT2D eigenvalue weighted by Gasteiger charge is -2.09. The fraction of sp³-hybridized carbons (Fsp3) is 0.250. The normalized spacial score (nSPS) is 9.82. The summed E-state index contributed by atoms with van der Waals surface area (Å²) < 4.78 is 18.8. The average Bonchev–Trinajstić information content (AvgIpc) is 2.27. The van der Waals surface area contributed by atoms with E-state index in [1.54, 1.807) is 19.1 Å². The van der Waals surface area contributed by atoms with Crippen LogP contribution < -0.4 is 5.32 Å². The summed E-state index contributed by atoms with van der Waals surface area (Å²) in [4.78, 5) is 11.2. The Labute approximate surface area is 108 Å². The first-order chi connectivity index (χ1) is 8.04. The van der Waals surface area contributed by atoms with Gasteiger partial charge in [-0.2, -0.15) is 0 Å². The second-order valence-electron chi connectivity index (χ2n) is 3.30. The highest BCUT2D eigenvalue weighted by Gasteiger charge is 2.08. The smallest absolute Gasteiger partial charge is 0.335 e. The largest absolute Gasteiger partial charge is 0.463 e. The molecule has 0 bridgehead atoms. The standard InChI is InChI=1S/C12H13BrFNO2/c1-3-17-12(16)8(2)7-15-11-5-4-9(13)6-10(11)14/h4-6,15H,2-3,7H2,1H3. The SMILES string of the molecule is C=C(CNc1ccc(Br)cc1F)C(=O)OCC. The van der Waals surface area contributed by atoms with Crippen molar-refractivity contribution in [2.75, 3.05) is 18.5 Å². The number of rotatable bonds is 5. The van der Waals surface area contributed by atoms with Gasteiger partial charge in [-0.05, 0) is 25.1 Å². The van der Waals surface area contributed by atoms with Crippen molar-refractivity contribution in [3.05, 3.63) is 40.6 Å². The van der Waals surface area contributed by atoms with Gasteiger partial charge in [-0.1, -0.05) is 22.5 Å². The fourth-order valence-corrected chi connectivity index (χ4v) is 1.47. The molecular weight excluding hydrogens is 289 g/mol. The van der Waals surface area contributed by atoms with Crippen LogP contribution in [0.2, 0.25) is 0 Å². The molecule has 0 atom stereocenters. The number of carbonyl (C=O) groups excluding carboxylic acids is 1. The molecule has 0 aromatic heterocycles. The van der Waals surface area contributed by atoms with Crippen LogP contribution in [0.5, 0.6) is 0 Å². The number of benzene rings is 1. The van der Waals surface area contributed by atoms with Crippen molar-refractivity contribution in [3.8, 4) is 0 Å². The van der Waals surface area contributed by atoms with Crippen molar-refractivity contribution in [3.63, 3.8) is 0 Å². The average molecular weight is 302 g/mol. The number of hydrogen-bond acceptors (Lipinski definition) is 3. The van der Waals surface area contributed by atoms with Gasteiger partial charge in [0.05, 0.1) is 12.3 Å². The predicted molar refractivity (Wildman–Crippen MR) is 68.4 cm³/mol. The second kappa shape index (κ2) is 6.39. The molecule has 0 amide bonds. The number of ether oxygens (including phenoxy) is 1. The Morgan fingerprint density at radius 3 is 2.88 bits per heavy atom. The third-order valence-electron chi connectivity index (χ3n) is 1.99. The van der Waals surface area contributed by atoms with Crippen molar-refractivity contribution in [2.45, 2.75) is 6.92 Å². The monoisotopic (exact) mass is 301 g/mol. The van der Waals surface area contributed by atoms with Gasteiger partial charge in [0.15, 0.2) is 0 Å². The minimum atomic E-state index is -0.475. The van der Waals surface area contributed by atoms with Gasteiger partial charge in [-0.25, -0.2) is 9.18 Å². The lowest BCUT2D eigenvalue weighted by atomic mass is 10.2. The lowest BCUT2D eigenvalue weighted by molar-refractivity contribution is -0.138. The third-order valence-corrected chi connectivity index (χ3v) is 2.48. The molecule has 0 aliphatic rings. The van der Waals surface area contributed by atoms with Gasteiger partial charge in [0, 0.05) is 16.6 Å². The van der Waals surface area contributed by atoms with Crippen LogP contribution in [0.25, 0.3) is 0 Å². The summed E-state index contributed by atoms with van der Waals surface area (Å²) >= 11 is 3.16. The van der Waals surface area contributed by atoms with E-state index in [1.165, 1.54) is 6.07 Å². The van der Waals surface area contributed by atoms with E-state index < -0.39 is 11.8 Å². The third kappa shape index (κ3) is 4.19. The van der Waals surface area contributed by atoms with E-state index >= 15 is 0 Å². The number of carbonyl (C=O) groups is 1. The number of hydrogen-bond donors (Lipinski definition) is 1. The van der Waals surface area contributed by atoms with Gasteiger partial charge < -0.3 is 10.1 Å². The Balaban J connectivity index is 2.56. The Bertz CT molecular complexity index is 435. The highest BCUT2D eigenvalue weighted by Crippen LogP contribution is 2.19. The summed E-state index contributed by atoms with van der Waals surface area (Å²) in [6.45, 7) is 5.73. The quantitative estimate of drug-likeness (QED) is 0.671. The van der Waals surface area contributed by atoms with Crippen molar-refractivity contribution >= 4 is 27.6 Å². The van der Waals surface area contributed by atoms with E-state index in [0.29, 0.717) is 16.8 Å². The molecule has 17 heavy (non-hydrogen) atoms. The first-order valence-electron chi connectivity index (χ1n) is 5.08. The van der Waals surface area contributed by atoms with E-state index in [4.69, 9.17) is 4.74 Å². The molecule has 0 aliphatic carbocycles. The minimum Gasteiger partial charge on any atom is -0.463 e. The zero-order valence-electron chi connectivity index (χ0n) is 9.43. The first-order valence-corrected chi connectivity index (χ1v) is 5.87. The maximum Gasteiger partial charge on any atom is 0.335 e. The molecule has 5 heteroatoms. The number of nitrogens with one attached hydrogen (secondary N) is 1. The van der Waals surface area contributed by atoms with Crippen LogP contribution in [0.4, 0.5) is 10.1 Å². The summed E-state index contributed by atoms with van der Waals surface area (Å²) in [5.41, 5.74) is 0.577. The van der Waals surface area contributed by atoms with Gasteiger partial charge in [0.25, 0.3) is 0 Å². The van der Waals surface area contributed by atoms with E-state index in [1.807, 2.05) is 0 Å². The summed E-state index contributed by atoms with van der Waals surface area (Å²) in [5, 5.41) is 2.78. The summed E-state index contributed by atoms with van der Waals surface area (Å²) in [5.74, 6) is -0.867. The molecule has 0 fully saturated rings. The Kier molecular flexibility index (Phi) is 5.15. The molecule has 0 unspecified atom stereocenters. The Hall–Kier alpha value is -1.36. The molecule has 1 aromatic rings. The second-order valence-corrected chi connectivity index (χ2v) is 4.22. The molecule has 0 saturated heterocycles. The Morgan fingerprint density at radius 2 is 2.29 bits per heavy atom. The zero-order valence-corrected chi connectivity index (χ0v) is 11.0. The molecule has 0 saturated carbocycles. The van der Waals surface area contributed by atoms with Crippen molar-refractivity contribution < 1.29 is 13.9 Å². The highest BCUT2D eigenvalue weighted by atomic mass is 79.9. The van der Waals surface area contributed by atoms with Gasteiger partial charge in [0.2, 0.25) is 0 Å². The van der Waals surface area contributed by atoms with Crippen LogP contribution >= 0.6 is 15.9 Å². The molecule has 0 heterocycles. The number of halogens is 2. The first kappa shape index (κ1) is 13.7. The zero-order chi connectivity index (χ0) is 12.8. The van der Waals surface area contributed by atoms with Crippen molar-refractivity contribution in [1.82, 2.24) is 0 Å². The Morgan fingerprint density at radius 1 is 1.59 bits per heavy atom. The van der Waals surface area contributed by atoms with Gasteiger partial charge >= 0.3 is 5.97 Å². The molecule has 3 nitrogen and oxygen atoms in total.